The molecule has 0 unspecified atom stereocenters. The van der Waals surface area contributed by atoms with Crippen LogP contribution in [0.4, 0.5) is 17.1 Å². The van der Waals surface area contributed by atoms with Gasteiger partial charge in [-0.05, 0) is 6.07 Å². The quantitative estimate of drug-likeness (QED) is 0.378. The molecule has 0 atom stereocenters. The molecule has 0 fully saturated rings. The predicted octanol–water partition coefficient (Wildman–Crippen LogP) is 1.77. The van der Waals surface area contributed by atoms with Crippen LogP contribution < -0.4 is 9.06 Å². The zero-order chi connectivity index (χ0) is 11.4. The normalized spacial score (nSPS) is 9.67. The summed E-state index contributed by atoms with van der Waals surface area (Å²) in [4.78, 5) is 19.6. The molecule has 0 aliphatic carbocycles. The molecule has 0 spiro atoms. The molecule has 0 saturated carbocycles. The first kappa shape index (κ1) is 11.6. The van der Waals surface area contributed by atoms with Gasteiger partial charge in [-0.15, -0.1) is 0 Å². The number of halogens is 1. The van der Waals surface area contributed by atoms with Crippen LogP contribution in [0.25, 0.3) is 0 Å². The Labute approximate surface area is 97.4 Å². The number of non-ortho nitro benzene ring substituents is 1. The molecule has 8 nitrogen and oxygen atoms in total. The number of nitro benzene ring substituents is 2. The number of hydrazine groups is 1. The number of hydrogen-bond donors (Lipinski definition) is 2. The lowest BCUT2D eigenvalue weighted by Crippen LogP contribution is -2.09. The Morgan fingerprint density at radius 3 is 2.33 bits per heavy atom. The lowest BCUT2D eigenvalue weighted by molar-refractivity contribution is -0.393. The van der Waals surface area contributed by atoms with Crippen molar-refractivity contribution in [2.45, 2.75) is 0 Å². The van der Waals surface area contributed by atoms with Gasteiger partial charge >= 0.3 is 5.69 Å². The minimum Gasteiger partial charge on any atom is -0.307 e. The largest absolute Gasteiger partial charge is 0.307 e. The van der Waals surface area contributed by atoms with Gasteiger partial charge in [0.05, 0.1) is 15.9 Å². The minimum absolute atomic E-state index is 0.167. The molecule has 0 heterocycles. The number of rotatable bonds is 4. The second-order valence-electron chi connectivity index (χ2n) is 2.44. The van der Waals surface area contributed by atoms with Crippen LogP contribution in [0.2, 0.25) is 0 Å². The highest BCUT2D eigenvalue weighted by atomic mass is 127. The maximum absolute atomic E-state index is 10.6. The van der Waals surface area contributed by atoms with E-state index in [1.807, 2.05) is 0 Å². The lowest BCUT2D eigenvalue weighted by Gasteiger charge is -2.03. The van der Waals surface area contributed by atoms with Crippen LogP contribution in [0.3, 0.4) is 0 Å². The van der Waals surface area contributed by atoms with Gasteiger partial charge in [-0.25, -0.2) is 0 Å². The fourth-order valence-corrected chi connectivity index (χ4v) is 1.23. The molecule has 0 radical (unpaired) electrons. The van der Waals surface area contributed by atoms with E-state index in [4.69, 9.17) is 0 Å². The van der Waals surface area contributed by atoms with E-state index in [-0.39, 0.29) is 17.1 Å². The molecule has 0 amide bonds. The number of anilines is 1. The first-order valence-electron chi connectivity index (χ1n) is 3.60. The van der Waals surface area contributed by atoms with Crippen LogP contribution in [-0.4, -0.2) is 9.85 Å². The number of nitrogens with zero attached hydrogens (tertiary/aromatic N) is 2. The van der Waals surface area contributed by atoms with Crippen molar-refractivity contribution in [2.75, 3.05) is 5.43 Å². The summed E-state index contributed by atoms with van der Waals surface area (Å²) < 4.78 is 2.47. The summed E-state index contributed by atoms with van der Waals surface area (Å²) >= 11 is 1.74. The maximum Gasteiger partial charge on any atom is 0.300 e. The topological polar surface area (TPSA) is 110 Å². The molecule has 1 aromatic rings. The van der Waals surface area contributed by atoms with Crippen molar-refractivity contribution in [1.29, 1.82) is 0 Å². The third kappa shape index (κ3) is 2.73. The fraction of sp³-hybridized carbons (Fsp3) is 0. The Hall–Kier alpha value is -1.49. The van der Waals surface area contributed by atoms with Crippen molar-refractivity contribution in [3.63, 3.8) is 0 Å². The molecule has 0 aliphatic heterocycles. The maximum atomic E-state index is 10.6. The molecular formula is C6H5IN4O4. The monoisotopic (exact) mass is 324 g/mol. The van der Waals surface area contributed by atoms with Crippen molar-refractivity contribution in [1.82, 2.24) is 3.64 Å². The Bertz CT molecular complexity index is 410. The Kier molecular flexibility index (Phi) is 3.74. The average molecular weight is 324 g/mol. The lowest BCUT2D eigenvalue weighted by atomic mass is 10.2. The van der Waals surface area contributed by atoms with Crippen LogP contribution in [0.1, 0.15) is 0 Å². The third-order valence-electron chi connectivity index (χ3n) is 1.57. The first-order valence-corrected chi connectivity index (χ1v) is 4.68. The molecule has 0 bridgehead atoms. The van der Waals surface area contributed by atoms with Crippen LogP contribution in [0.15, 0.2) is 18.2 Å². The second-order valence-corrected chi connectivity index (χ2v) is 2.97. The molecule has 0 aliphatic rings. The van der Waals surface area contributed by atoms with Crippen molar-refractivity contribution >= 4 is 39.9 Å². The summed E-state index contributed by atoms with van der Waals surface area (Å²) in [7, 11) is 0. The van der Waals surface area contributed by atoms with Crippen LogP contribution >= 0.6 is 22.9 Å². The van der Waals surface area contributed by atoms with Gasteiger partial charge in [-0.3, -0.25) is 20.2 Å². The molecule has 2 N–H and O–H groups in total. The van der Waals surface area contributed by atoms with Crippen molar-refractivity contribution in [3.8, 4) is 0 Å². The van der Waals surface area contributed by atoms with Gasteiger partial charge in [-0.2, -0.15) is 3.64 Å². The SMILES string of the molecule is O=[N+]([O-])c1ccc(NNI)c([N+](=O)[O-])c1. The molecule has 9 heteroatoms. The van der Waals surface area contributed by atoms with Crippen molar-refractivity contribution in [2.24, 2.45) is 0 Å². The number of nitrogens with one attached hydrogen (secondary N) is 2. The van der Waals surface area contributed by atoms with Gasteiger partial charge in [0.25, 0.3) is 5.69 Å². The summed E-state index contributed by atoms with van der Waals surface area (Å²) in [5.41, 5.74) is 1.99. The second kappa shape index (κ2) is 4.84. The number of hydrogen-bond acceptors (Lipinski definition) is 6. The minimum atomic E-state index is -0.691. The summed E-state index contributed by atoms with van der Waals surface area (Å²) in [5, 5.41) is 21.0. The summed E-state index contributed by atoms with van der Waals surface area (Å²) in [6.07, 6.45) is 0. The predicted molar refractivity (Wildman–Crippen MR) is 60.5 cm³/mol. The van der Waals surface area contributed by atoms with Crippen molar-refractivity contribution in [3.05, 3.63) is 38.4 Å². The summed E-state index contributed by atoms with van der Waals surface area (Å²) in [6.45, 7) is 0. The van der Waals surface area contributed by atoms with Gasteiger partial charge in [0.15, 0.2) is 0 Å². The highest BCUT2D eigenvalue weighted by Gasteiger charge is 2.18. The van der Waals surface area contributed by atoms with Gasteiger partial charge < -0.3 is 5.43 Å². The first-order chi connectivity index (χ1) is 7.06. The van der Waals surface area contributed by atoms with E-state index in [1.165, 1.54) is 12.1 Å². The van der Waals surface area contributed by atoms with E-state index in [9.17, 15) is 20.2 Å². The van der Waals surface area contributed by atoms with Gasteiger partial charge in [0.1, 0.15) is 5.69 Å². The molecule has 1 aromatic carbocycles. The van der Waals surface area contributed by atoms with E-state index in [1.54, 1.807) is 22.9 Å². The zero-order valence-electron chi connectivity index (χ0n) is 7.14. The van der Waals surface area contributed by atoms with Crippen molar-refractivity contribution < 1.29 is 9.85 Å². The summed E-state index contributed by atoms with van der Waals surface area (Å²) in [5.74, 6) is 0. The van der Waals surface area contributed by atoms with E-state index in [2.05, 4.69) is 9.06 Å². The standard InChI is InChI=1S/C6H5IN4O4/c7-9-8-5-2-1-4(10(12)13)3-6(5)11(14)15/h1-3,8-9H. The number of nitro groups is 2. The highest BCUT2D eigenvalue weighted by molar-refractivity contribution is 14.1. The van der Waals surface area contributed by atoms with Crippen LogP contribution in [0, 0.1) is 20.2 Å². The molecule has 0 aromatic heterocycles. The Morgan fingerprint density at radius 1 is 1.20 bits per heavy atom. The smallest absolute Gasteiger partial charge is 0.300 e. The Morgan fingerprint density at radius 2 is 1.87 bits per heavy atom. The molecular weight excluding hydrogens is 319 g/mol. The highest BCUT2D eigenvalue weighted by Crippen LogP contribution is 2.28. The van der Waals surface area contributed by atoms with Crippen LogP contribution in [0.5, 0.6) is 0 Å². The van der Waals surface area contributed by atoms with Gasteiger partial charge in [0, 0.05) is 28.9 Å². The van der Waals surface area contributed by atoms with E-state index < -0.39 is 9.85 Å². The fourth-order valence-electron chi connectivity index (χ4n) is 0.941. The van der Waals surface area contributed by atoms with E-state index >= 15 is 0 Å². The van der Waals surface area contributed by atoms with E-state index in [0.717, 1.165) is 6.07 Å². The van der Waals surface area contributed by atoms with E-state index in [0.29, 0.717) is 0 Å². The zero-order valence-corrected chi connectivity index (χ0v) is 9.29. The molecule has 80 valence electrons. The number of benzene rings is 1. The average Bonchev–Trinajstić information content (AvgIpc) is 2.18. The molecule has 1 rings (SSSR count). The molecule has 0 saturated heterocycles. The summed E-state index contributed by atoms with van der Waals surface area (Å²) in [6, 6.07) is 3.35. The molecule has 15 heavy (non-hydrogen) atoms. The van der Waals surface area contributed by atoms with Crippen LogP contribution in [-0.2, 0) is 0 Å². The Balaban J connectivity index is 3.20. The third-order valence-corrected chi connectivity index (χ3v) is 1.84. The van der Waals surface area contributed by atoms with Gasteiger partial charge in [-0.1, -0.05) is 0 Å². The van der Waals surface area contributed by atoms with Gasteiger partial charge in [0.2, 0.25) is 0 Å².